The highest BCUT2D eigenvalue weighted by atomic mass is 15.1. The van der Waals surface area contributed by atoms with Gasteiger partial charge in [0.15, 0.2) is 5.82 Å². The first kappa shape index (κ1) is 33.1. The Bertz CT molecular complexity index is 3920. The highest BCUT2D eigenvalue weighted by Gasteiger charge is 2.36. The lowest BCUT2D eigenvalue weighted by molar-refractivity contribution is 0.660. The third-order valence-electron chi connectivity index (χ3n) is 13.8. The SMILES string of the molecule is CC1(C)c2ccccc2-c2ccc(-c3nc4c(ccc5ccccc54)nc3-n3c4ccccc4c4cc5c(cc43)c3cccc4c3n5-c3ccccc3-c3ccccc3-4)cc21. The molecule has 0 spiro atoms. The second kappa shape index (κ2) is 11.7. The Kier molecular flexibility index (Phi) is 6.33. The number of hydrogen-bond acceptors (Lipinski definition) is 2. The van der Waals surface area contributed by atoms with Crippen LogP contribution in [0.2, 0.25) is 0 Å². The van der Waals surface area contributed by atoms with Gasteiger partial charge in [-0.05, 0) is 75.2 Å². The molecule has 4 heterocycles. The van der Waals surface area contributed by atoms with Crippen LogP contribution in [0.3, 0.4) is 0 Å². The summed E-state index contributed by atoms with van der Waals surface area (Å²) in [6.07, 6.45) is 0. The summed E-state index contributed by atoms with van der Waals surface area (Å²) in [4.78, 5) is 11.3. The molecular weight excluding hydrogens is 741 g/mol. The smallest absolute Gasteiger partial charge is 0.165 e. The van der Waals surface area contributed by atoms with Gasteiger partial charge in [-0.15, -0.1) is 0 Å². The maximum atomic E-state index is 5.68. The molecule has 284 valence electrons. The zero-order valence-electron chi connectivity index (χ0n) is 33.6. The molecule has 4 nitrogen and oxygen atoms in total. The summed E-state index contributed by atoms with van der Waals surface area (Å²) >= 11 is 0. The number of para-hydroxylation sites is 3. The van der Waals surface area contributed by atoms with Crippen molar-refractivity contribution in [1.29, 1.82) is 0 Å². The van der Waals surface area contributed by atoms with Gasteiger partial charge < -0.3 is 4.57 Å². The first-order valence-corrected chi connectivity index (χ1v) is 21.2. The molecule has 0 fully saturated rings. The van der Waals surface area contributed by atoms with Crippen molar-refractivity contribution in [2.24, 2.45) is 0 Å². The van der Waals surface area contributed by atoms with Crippen molar-refractivity contribution in [3.8, 4) is 56.1 Å². The van der Waals surface area contributed by atoms with Crippen LogP contribution in [-0.2, 0) is 5.41 Å². The van der Waals surface area contributed by atoms with E-state index in [1.807, 2.05) is 0 Å². The van der Waals surface area contributed by atoms with E-state index in [2.05, 4.69) is 205 Å². The standard InChI is InChI=1S/C57H36N4/c1-57(2)46-23-10-7-18-38(46)39-28-26-34(30-47(39)57)53-56(58-48-29-27-33-14-3-4-15-35(33)54(48)59-53)61-50-25-12-9-20-41(50)44-31-51-45(32-52(44)61)43-22-13-21-42-37-17-6-5-16-36(37)40-19-8-11-24-49(40)60(51)55(42)43/h3-32H,1-2H3. The Morgan fingerprint density at radius 1 is 0.410 bits per heavy atom. The van der Waals surface area contributed by atoms with Crippen LogP contribution in [0.25, 0.3) is 122 Å². The van der Waals surface area contributed by atoms with Crippen molar-refractivity contribution in [3.63, 3.8) is 0 Å². The van der Waals surface area contributed by atoms with Crippen LogP contribution in [-0.4, -0.2) is 19.1 Å². The summed E-state index contributed by atoms with van der Waals surface area (Å²) in [5.74, 6) is 0.825. The Morgan fingerprint density at radius 3 is 1.92 bits per heavy atom. The van der Waals surface area contributed by atoms with Crippen molar-refractivity contribution in [2.45, 2.75) is 19.3 Å². The van der Waals surface area contributed by atoms with Crippen LogP contribution in [0.1, 0.15) is 25.0 Å². The largest absolute Gasteiger partial charge is 0.308 e. The maximum Gasteiger partial charge on any atom is 0.165 e. The van der Waals surface area contributed by atoms with Crippen LogP contribution in [0.4, 0.5) is 0 Å². The van der Waals surface area contributed by atoms with E-state index >= 15 is 0 Å². The van der Waals surface area contributed by atoms with Gasteiger partial charge in [0, 0.05) is 49.0 Å². The topological polar surface area (TPSA) is 35.6 Å². The number of hydrogen-bond donors (Lipinski definition) is 0. The zero-order valence-corrected chi connectivity index (χ0v) is 33.6. The number of benzene rings is 9. The first-order chi connectivity index (χ1) is 30.0. The molecule has 12 aromatic rings. The van der Waals surface area contributed by atoms with Gasteiger partial charge in [0.2, 0.25) is 0 Å². The van der Waals surface area contributed by atoms with Crippen molar-refractivity contribution in [1.82, 2.24) is 19.1 Å². The molecule has 0 bridgehead atoms. The normalized spacial score (nSPS) is 13.5. The predicted molar refractivity (Wildman–Crippen MR) is 253 cm³/mol. The Hall–Kier alpha value is -7.82. The minimum atomic E-state index is -0.160. The quantitative estimate of drug-likeness (QED) is 0.164. The average Bonchev–Trinajstić information content (AvgIpc) is 3.86. The maximum absolute atomic E-state index is 5.68. The van der Waals surface area contributed by atoms with E-state index in [4.69, 9.17) is 9.97 Å². The van der Waals surface area contributed by atoms with E-state index in [9.17, 15) is 0 Å². The summed E-state index contributed by atoms with van der Waals surface area (Å²) in [6.45, 7) is 4.69. The van der Waals surface area contributed by atoms with E-state index in [1.54, 1.807) is 0 Å². The zero-order chi connectivity index (χ0) is 40.1. The van der Waals surface area contributed by atoms with Gasteiger partial charge in [0.05, 0.1) is 38.8 Å². The summed E-state index contributed by atoms with van der Waals surface area (Å²) in [5.41, 5.74) is 19.6. The van der Waals surface area contributed by atoms with Gasteiger partial charge in [0.25, 0.3) is 0 Å². The monoisotopic (exact) mass is 776 g/mol. The minimum Gasteiger partial charge on any atom is -0.308 e. The molecule has 0 radical (unpaired) electrons. The van der Waals surface area contributed by atoms with Crippen LogP contribution < -0.4 is 0 Å². The van der Waals surface area contributed by atoms with Crippen molar-refractivity contribution in [2.75, 3.05) is 0 Å². The van der Waals surface area contributed by atoms with Crippen molar-refractivity contribution >= 4 is 65.4 Å². The van der Waals surface area contributed by atoms with E-state index in [0.717, 1.165) is 49.9 Å². The molecule has 61 heavy (non-hydrogen) atoms. The summed E-state index contributed by atoms with van der Waals surface area (Å²) in [5, 5.41) is 7.06. The van der Waals surface area contributed by atoms with E-state index in [-0.39, 0.29) is 5.41 Å². The fraction of sp³-hybridized carbons (Fsp3) is 0.0526. The number of fused-ring (bicyclic) bond motifs is 17. The van der Waals surface area contributed by atoms with Gasteiger partial charge in [0.1, 0.15) is 5.69 Å². The molecule has 0 saturated heterocycles. The third-order valence-corrected chi connectivity index (χ3v) is 13.8. The Morgan fingerprint density at radius 2 is 1.05 bits per heavy atom. The number of aromatic nitrogens is 4. The van der Waals surface area contributed by atoms with E-state index in [1.165, 1.54) is 82.8 Å². The highest BCUT2D eigenvalue weighted by Crippen LogP contribution is 2.51. The molecule has 0 saturated carbocycles. The summed E-state index contributed by atoms with van der Waals surface area (Å²) in [6, 6.07) is 66.8. The molecule has 1 aliphatic heterocycles. The number of rotatable bonds is 2. The molecule has 0 N–H and O–H groups in total. The van der Waals surface area contributed by atoms with Gasteiger partial charge in [-0.1, -0.05) is 159 Å². The lowest BCUT2D eigenvalue weighted by atomic mass is 9.82. The van der Waals surface area contributed by atoms with Crippen molar-refractivity contribution < 1.29 is 0 Å². The molecule has 1 aliphatic carbocycles. The molecule has 9 aromatic carbocycles. The molecule has 4 heteroatoms. The molecular formula is C57H36N4. The Balaban J connectivity index is 1.11. The van der Waals surface area contributed by atoms with Gasteiger partial charge in [-0.2, -0.15) is 0 Å². The second-order valence-corrected chi connectivity index (χ2v) is 17.3. The minimum absolute atomic E-state index is 0.160. The molecule has 3 aromatic heterocycles. The summed E-state index contributed by atoms with van der Waals surface area (Å²) in [7, 11) is 0. The average molecular weight is 777 g/mol. The van der Waals surface area contributed by atoms with Gasteiger partial charge >= 0.3 is 0 Å². The van der Waals surface area contributed by atoms with Gasteiger partial charge in [-0.3, -0.25) is 4.57 Å². The van der Waals surface area contributed by atoms with E-state index in [0.29, 0.717) is 0 Å². The lowest BCUT2D eigenvalue weighted by Crippen LogP contribution is -2.15. The van der Waals surface area contributed by atoms with Crippen LogP contribution in [0, 0.1) is 0 Å². The third kappa shape index (κ3) is 4.28. The van der Waals surface area contributed by atoms with Crippen molar-refractivity contribution in [3.05, 3.63) is 193 Å². The molecule has 14 rings (SSSR count). The summed E-state index contributed by atoms with van der Waals surface area (Å²) < 4.78 is 4.90. The molecule has 0 unspecified atom stereocenters. The fourth-order valence-electron chi connectivity index (χ4n) is 11.1. The van der Waals surface area contributed by atoms with Crippen LogP contribution in [0.5, 0.6) is 0 Å². The van der Waals surface area contributed by atoms with Gasteiger partial charge in [-0.25, -0.2) is 9.97 Å². The van der Waals surface area contributed by atoms with E-state index < -0.39 is 0 Å². The second-order valence-electron chi connectivity index (χ2n) is 17.3. The lowest BCUT2D eigenvalue weighted by Gasteiger charge is -2.22. The fourth-order valence-corrected chi connectivity index (χ4v) is 11.1. The highest BCUT2D eigenvalue weighted by molar-refractivity contribution is 6.22. The van der Waals surface area contributed by atoms with Crippen LogP contribution >= 0.6 is 0 Å². The Labute approximate surface area is 351 Å². The predicted octanol–water partition coefficient (Wildman–Crippen LogP) is 14.6. The number of nitrogens with zero attached hydrogens (tertiary/aromatic N) is 4. The first-order valence-electron chi connectivity index (χ1n) is 21.2. The van der Waals surface area contributed by atoms with Crippen LogP contribution in [0.15, 0.2) is 182 Å². The molecule has 0 amide bonds. The molecule has 2 aliphatic rings. The molecule has 0 atom stereocenters.